The third-order valence-corrected chi connectivity index (χ3v) is 5.05. The number of nitrogens with zero attached hydrogens (tertiary/aromatic N) is 3. The molecule has 0 spiro atoms. The Morgan fingerprint density at radius 2 is 1.85 bits per heavy atom. The molecule has 1 saturated carbocycles. The number of pyridine rings is 1. The van der Waals surface area contributed by atoms with Gasteiger partial charge in [0.1, 0.15) is 11.4 Å². The van der Waals surface area contributed by atoms with Crippen LogP contribution in [0.1, 0.15) is 64.6 Å². The molecule has 2 atom stereocenters. The Bertz CT molecular complexity index is 654. The van der Waals surface area contributed by atoms with Gasteiger partial charge in [0.15, 0.2) is 0 Å². The number of amides is 1. The summed E-state index contributed by atoms with van der Waals surface area (Å²) in [6.45, 7) is 11.8. The van der Waals surface area contributed by atoms with Crippen molar-refractivity contribution in [2.75, 3.05) is 18.0 Å². The first-order valence-electron chi connectivity index (χ1n) is 9.65. The number of nitrogens with two attached hydrogens (primary N) is 1. The summed E-state index contributed by atoms with van der Waals surface area (Å²) in [5.41, 5.74) is 7.78. The molecule has 26 heavy (non-hydrogen) atoms. The van der Waals surface area contributed by atoms with Crippen molar-refractivity contribution in [3.05, 3.63) is 23.4 Å². The second-order valence-electron chi connectivity index (χ2n) is 8.67. The lowest BCUT2D eigenvalue weighted by molar-refractivity contribution is 0.00560. The van der Waals surface area contributed by atoms with Crippen LogP contribution in [0.15, 0.2) is 12.1 Å². The molecule has 0 aromatic carbocycles. The van der Waals surface area contributed by atoms with Gasteiger partial charge in [-0.05, 0) is 65.0 Å². The summed E-state index contributed by atoms with van der Waals surface area (Å²) in [6.07, 6.45) is 2.25. The van der Waals surface area contributed by atoms with Crippen LogP contribution < -0.4 is 10.6 Å². The second-order valence-corrected chi connectivity index (χ2v) is 8.67. The summed E-state index contributed by atoms with van der Waals surface area (Å²) in [6, 6.07) is 4.41. The smallest absolute Gasteiger partial charge is 0.410 e. The maximum atomic E-state index is 12.6. The molecule has 1 aliphatic carbocycles. The van der Waals surface area contributed by atoms with E-state index in [-0.39, 0.29) is 18.2 Å². The molecular weight excluding hydrogens is 328 g/mol. The highest BCUT2D eigenvalue weighted by atomic mass is 16.6. The Morgan fingerprint density at radius 1 is 1.23 bits per heavy atom. The summed E-state index contributed by atoms with van der Waals surface area (Å²) in [5, 5.41) is 0. The van der Waals surface area contributed by atoms with Crippen LogP contribution in [0.25, 0.3) is 0 Å². The number of piperazine rings is 1. The number of anilines is 1. The zero-order valence-corrected chi connectivity index (χ0v) is 16.7. The van der Waals surface area contributed by atoms with E-state index in [0.29, 0.717) is 12.5 Å². The first kappa shape index (κ1) is 19.0. The van der Waals surface area contributed by atoms with E-state index in [2.05, 4.69) is 30.9 Å². The van der Waals surface area contributed by atoms with Crippen molar-refractivity contribution in [2.45, 2.75) is 77.6 Å². The molecule has 2 N–H and O–H groups in total. The minimum atomic E-state index is -0.482. The third-order valence-electron chi connectivity index (χ3n) is 5.05. The molecule has 0 radical (unpaired) electrons. The molecular formula is C20H32N4O2. The molecule has 1 saturated heterocycles. The van der Waals surface area contributed by atoms with E-state index in [0.717, 1.165) is 24.6 Å². The van der Waals surface area contributed by atoms with Crippen molar-refractivity contribution >= 4 is 11.9 Å². The fourth-order valence-corrected chi connectivity index (χ4v) is 3.79. The number of hydrogen-bond donors (Lipinski definition) is 1. The lowest BCUT2D eigenvalue weighted by Gasteiger charge is -2.45. The first-order chi connectivity index (χ1) is 12.2. The summed E-state index contributed by atoms with van der Waals surface area (Å²) in [4.78, 5) is 21.5. The number of carbonyl (C=O) groups excluding carboxylic acids is 1. The molecule has 6 heteroatoms. The van der Waals surface area contributed by atoms with Gasteiger partial charge in [0.2, 0.25) is 0 Å². The van der Waals surface area contributed by atoms with E-state index in [4.69, 9.17) is 15.5 Å². The Labute approximate surface area is 156 Å². The van der Waals surface area contributed by atoms with Crippen molar-refractivity contribution in [1.82, 2.24) is 9.88 Å². The topological polar surface area (TPSA) is 71.7 Å². The van der Waals surface area contributed by atoms with E-state index in [1.807, 2.05) is 25.7 Å². The summed E-state index contributed by atoms with van der Waals surface area (Å²) in [5.74, 6) is 1.61. The molecule has 3 rings (SSSR count). The van der Waals surface area contributed by atoms with Crippen molar-refractivity contribution < 1.29 is 9.53 Å². The van der Waals surface area contributed by atoms with E-state index >= 15 is 0 Å². The molecule has 0 unspecified atom stereocenters. The molecule has 1 aromatic rings. The number of aromatic nitrogens is 1. The predicted octanol–water partition coefficient (Wildman–Crippen LogP) is 3.25. The highest BCUT2D eigenvalue weighted by Gasteiger charge is 2.36. The molecule has 2 heterocycles. The molecule has 0 bridgehead atoms. The highest BCUT2D eigenvalue weighted by molar-refractivity contribution is 5.69. The summed E-state index contributed by atoms with van der Waals surface area (Å²) in [7, 11) is 0. The van der Waals surface area contributed by atoms with Gasteiger partial charge in [-0.2, -0.15) is 0 Å². The van der Waals surface area contributed by atoms with Crippen LogP contribution in [0, 0.1) is 0 Å². The zero-order valence-electron chi connectivity index (χ0n) is 16.7. The van der Waals surface area contributed by atoms with E-state index in [1.54, 1.807) is 0 Å². The quantitative estimate of drug-likeness (QED) is 0.896. The van der Waals surface area contributed by atoms with Crippen LogP contribution in [0.4, 0.5) is 10.6 Å². The monoisotopic (exact) mass is 360 g/mol. The van der Waals surface area contributed by atoms with Gasteiger partial charge in [0.25, 0.3) is 0 Å². The highest BCUT2D eigenvalue weighted by Crippen LogP contribution is 2.41. The van der Waals surface area contributed by atoms with E-state index in [1.165, 1.54) is 18.4 Å². The Hall–Kier alpha value is -1.82. The largest absolute Gasteiger partial charge is 0.444 e. The lowest BCUT2D eigenvalue weighted by atomic mass is 10.1. The summed E-state index contributed by atoms with van der Waals surface area (Å²) >= 11 is 0. The molecule has 2 aliphatic rings. The van der Waals surface area contributed by atoms with Crippen LogP contribution in [-0.2, 0) is 11.3 Å². The lowest BCUT2D eigenvalue weighted by Crippen LogP contribution is -2.59. The van der Waals surface area contributed by atoms with Crippen molar-refractivity contribution in [3.63, 3.8) is 0 Å². The minimum absolute atomic E-state index is 0.0554. The average molecular weight is 361 g/mol. The first-order valence-corrected chi connectivity index (χ1v) is 9.65. The fourth-order valence-electron chi connectivity index (χ4n) is 3.79. The minimum Gasteiger partial charge on any atom is -0.444 e. The van der Waals surface area contributed by atoms with Gasteiger partial charge in [-0.1, -0.05) is 6.07 Å². The van der Waals surface area contributed by atoms with Crippen molar-refractivity contribution in [1.29, 1.82) is 0 Å². The molecule has 6 nitrogen and oxygen atoms in total. The third kappa shape index (κ3) is 4.11. The Kier molecular flexibility index (Phi) is 5.15. The molecule has 1 amide bonds. The van der Waals surface area contributed by atoms with Gasteiger partial charge in [-0.25, -0.2) is 9.78 Å². The van der Waals surface area contributed by atoms with Gasteiger partial charge in [-0.15, -0.1) is 0 Å². The number of ether oxygens (including phenoxy) is 1. The molecule has 144 valence electrons. The molecule has 2 fully saturated rings. The van der Waals surface area contributed by atoms with E-state index < -0.39 is 5.60 Å². The van der Waals surface area contributed by atoms with Crippen LogP contribution in [-0.4, -0.2) is 46.8 Å². The van der Waals surface area contributed by atoms with Gasteiger partial charge in [0.05, 0.1) is 17.8 Å². The van der Waals surface area contributed by atoms with Crippen LogP contribution >= 0.6 is 0 Å². The zero-order chi connectivity index (χ0) is 19.1. The predicted molar refractivity (Wildman–Crippen MR) is 103 cm³/mol. The maximum absolute atomic E-state index is 12.6. The van der Waals surface area contributed by atoms with Crippen molar-refractivity contribution in [3.8, 4) is 0 Å². The Morgan fingerprint density at radius 3 is 2.35 bits per heavy atom. The standard InChI is InChI=1S/C20H32N4O2/c1-13-11-23(12-14(2)24(13)19(25)26-20(3,4)5)18-9-8-16(15-6-7-15)17(10-21)22-18/h8-9,13-15H,6-7,10-12,21H2,1-5H3/t13-,14+. The number of carbonyl (C=O) groups is 1. The van der Waals surface area contributed by atoms with Gasteiger partial charge in [-0.3, -0.25) is 4.90 Å². The number of rotatable bonds is 3. The summed E-state index contributed by atoms with van der Waals surface area (Å²) < 4.78 is 5.58. The van der Waals surface area contributed by atoms with Gasteiger partial charge >= 0.3 is 6.09 Å². The second kappa shape index (κ2) is 7.06. The maximum Gasteiger partial charge on any atom is 0.410 e. The Balaban J connectivity index is 1.73. The average Bonchev–Trinajstić information content (AvgIpc) is 3.36. The fraction of sp³-hybridized carbons (Fsp3) is 0.700. The van der Waals surface area contributed by atoms with Crippen LogP contribution in [0.5, 0.6) is 0 Å². The number of hydrogen-bond acceptors (Lipinski definition) is 5. The van der Waals surface area contributed by atoms with Crippen LogP contribution in [0.3, 0.4) is 0 Å². The van der Waals surface area contributed by atoms with Gasteiger partial charge in [0, 0.05) is 19.6 Å². The van der Waals surface area contributed by atoms with Crippen LogP contribution in [0.2, 0.25) is 0 Å². The normalized spacial score (nSPS) is 23.9. The molecule has 1 aromatic heterocycles. The van der Waals surface area contributed by atoms with E-state index in [9.17, 15) is 4.79 Å². The SMILES string of the molecule is C[C@@H]1CN(c2ccc(C3CC3)c(CN)n2)C[C@H](C)N1C(=O)OC(C)(C)C. The van der Waals surface area contributed by atoms with Gasteiger partial charge < -0.3 is 15.4 Å². The molecule has 1 aliphatic heterocycles. The van der Waals surface area contributed by atoms with Crippen molar-refractivity contribution in [2.24, 2.45) is 5.73 Å².